The van der Waals surface area contributed by atoms with Crippen LogP contribution in [0.25, 0.3) is 0 Å². The molecule has 4 nitrogen and oxygen atoms in total. The molecule has 1 aliphatic rings. The molecular formula is C9H19N3O. The van der Waals surface area contributed by atoms with Crippen molar-refractivity contribution in [3.63, 3.8) is 0 Å². The van der Waals surface area contributed by atoms with E-state index < -0.39 is 0 Å². The lowest BCUT2D eigenvalue weighted by Gasteiger charge is -2.25. The van der Waals surface area contributed by atoms with Crippen LogP contribution in [0.15, 0.2) is 0 Å². The number of nitrogens with two attached hydrogens (primary N) is 1. The molecule has 0 aromatic rings. The zero-order valence-corrected chi connectivity index (χ0v) is 8.42. The molecule has 0 aliphatic heterocycles. The molecule has 0 radical (unpaired) electrons. The summed E-state index contributed by atoms with van der Waals surface area (Å²) in [5.41, 5.74) is 5.62. The quantitative estimate of drug-likeness (QED) is 0.609. The Balaban J connectivity index is 2.36. The minimum Gasteiger partial charge on any atom is -0.359 e. The van der Waals surface area contributed by atoms with Gasteiger partial charge in [-0.05, 0) is 19.9 Å². The van der Waals surface area contributed by atoms with E-state index in [1.54, 1.807) is 7.05 Å². The van der Waals surface area contributed by atoms with Gasteiger partial charge in [0.1, 0.15) is 0 Å². The molecule has 1 rings (SSSR count). The number of nitrogens with zero attached hydrogens (tertiary/aromatic N) is 1. The first-order chi connectivity index (χ1) is 6.19. The van der Waals surface area contributed by atoms with Gasteiger partial charge in [-0.2, -0.15) is 0 Å². The molecule has 0 heterocycles. The van der Waals surface area contributed by atoms with Gasteiger partial charge < -0.3 is 11.1 Å². The highest BCUT2D eigenvalue weighted by molar-refractivity contribution is 5.76. The van der Waals surface area contributed by atoms with E-state index >= 15 is 0 Å². The number of rotatable bonds is 5. The van der Waals surface area contributed by atoms with Crippen LogP contribution in [0.2, 0.25) is 0 Å². The monoisotopic (exact) mass is 185 g/mol. The van der Waals surface area contributed by atoms with E-state index in [9.17, 15) is 4.79 Å². The summed E-state index contributed by atoms with van der Waals surface area (Å²) >= 11 is 0. The summed E-state index contributed by atoms with van der Waals surface area (Å²) in [5, 5.41) is 2.62. The zero-order valence-electron chi connectivity index (χ0n) is 8.42. The molecule has 1 saturated carbocycles. The highest BCUT2D eigenvalue weighted by Gasteiger charge is 2.31. The Morgan fingerprint density at radius 3 is 2.69 bits per heavy atom. The lowest BCUT2D eigenvalue weighted by atomic mass is 10.1. The molecule has 0 spiro atoms. The van der Waals surface area contributed by atoms with Crippen molar-refractivity contribution in [1.82, 2.24) is 10.2 Å². The van der Waals surface area contributed by atoms with E-state index in [1.165, 1.54) is 12.8 Å². The van der Waals surface area contributed by atoms with Crippen molar-refractivity contribution in [2.24, 2.45) is 5.73 Å². The Morgan fingerprint density at radius 2 is 2.31 bits per heavy atom. The maximum Gasteiger partial charge on any atom is 0.221 e. The number of likely N-dealkylation sites (N-methyl/N-ethyl adjacent to an activating group) is 1. The molecule has 4 heteroatoms. The molecule has 3 N–H and O–H groups in total. The van der Waals surface area contributed by atoms with Crippen LogP contribution in [0.5, 0.6) is 0 Å². The average Bonchev–Trinajstić information content (AvgIpc) is 2.95. The number of hydrogen-bond acceptors (Lipinski definition) is 3. The lowest BCUT2D eigenvalue weighted by molar-refractivity contribution is -0.121. The smallest absolute Gasteiger partial charge is 0.221 e. The Labute approximate surface area is 79.5 Å². The Kier molecular flexibility index (Phi) is 3.69. The van der Waals surface area contributed by atoms with Gasteiger partial charge >= 0.3 is 0 Å². The van der Waals surface area contributed by atoms with Gasteiger partial charge in [0.25, 0.3) is 0 Å². The predicted octanol–water partition coefficient (Wildman–Crippen LogP) is -0.456. The topological polar surface area (TPSA) is 58.4 Å². The van der Waals surface area contributed by atoms with Crippen molar-refractivity contribution < 1.29 is 4.79 Å². The third kappa shape index (κ3) is 2.97. The zero-order chi connectivity index (χ0) is 9.84. The lowest BCUT2D eigenvalue weighted by Crippen LogP contribution is -2.42. The van der Waals surface area contributed by atoms with Gasteiger partial charge in [-0.3, -0.25) is 9.69 Å². The Morgan fingerprint density at radius 1 is 1.69 bits per heavy atom. The molecule has 76 valence electrons. The molecule has 0 aromatic heterocycles. The minimum absolute atomic E-state index is 0.0722. The number of carbonyl (C=O) groups excluding carboxylic acids is 1. The van der Waals surface area contributed by atoms with E-state index in [1.807, 2.05) is 0 Å². The largest absolute Gasteiger partial charge is 0.359 e. The van der Waals surface area contributed by atoms with Crippen LogP contribution in [0.3, 0.4) is 0 Å². The second-order valence-corrected chi connectivity index (χ2v) is 3.66. The Hall–Kier alpha value is -0.610. The first-order valence-electron chi connectivity index (χ1n) is 4.81. The third-order valence-corrected chi connectivity index (χ3v) is 2.67. The van der Waals surface area contributed by atoms with Crippen LogP contribution < -0.4 is 11.1 Å². The van der Waals surface area contributed by atoms with Gasteiger partial charge in [-0.1, -0.05) is 0 Å². The molecule has 0 bridgehead atoms. The van der Waals surface area contributed by atoms with Crippen molar-refractivity contribution in [1.29, 1.82) is 0 Å². The summed E-state index contributed by atoms with van der Waals surface area (Å²) in [6.07, 6.45) is 3.02. The van der Waals surface area contributed by atoms with Crippen molar-refractivity contribution in [2.45, 2.75) is 31.3 Å². The molecule has 1 atom stereocenters. The van der Waals surface area contributed by atoms with Crippen LogP contribution in [-0.4, -0.2) is 43.5 Å². The van der Waals surface area contributed by atoms with Gasteiger partial charge in [-0.15, -0.1) is 0 Å². The molecule has 0 aromatic carbocycles. The normalized spacial score (nSPS) is 18.8. The summed E-state index contributed by atoms with van der Waals surface area (Å²) in [5.74, 6) is 0.0722. The summed E-state index contributed by atoms with van der Waals surface area (Å²) in [7, 11) is 3.71. The van der Waals surface area contributed by atoms with E-state index in [0.29, 0.717) is 19.0 Å². The van der Waals surface area contributed by atoms with E-state index in [-0.39, 0.29) is 11.9 Å². The summed E-state index contributed by atoms with van der Waals surface area (Å²) in [6.45, 7) is 0.556. The molecule has 1 unspecified atom stereocenters. The van der Waals surface area contributed by atoms with Gasteiger partial charge in [0.15, 0.2) is 0 Å². The first kappa shape index (κ1) is 10.5. The Bertz CT molecular complexity index is 180. The molecule has 1 amide bonds. The fourth-order valence-corrected chi connectivity index (χ4v) is 1.49. The van der Waals surface area contributed by atoms with Gasteiger partial charge in [0.2, 0.25) is 5.91 Å². The second kappa shape index (κ2) is 4.58. The number of carbonyl (C=O) groups is 1. The molecular weight excluding hydrogens is 166 g/mol. The standard InChI is InChI=1S/C9H19N3O/c1-11-9(13)5-8(6-10)12(2)7-3-4-7/h7-8H,3-6,10H2,1-2H3,(H,11,13). The maximum atomic E-state index is 11.1. The second-order valence-electron chi connectivity index (χ2n) is 3.66. The van der Waals surface area contributed by atoms with Crippen molar-refractivity contribution >= 4 is 5.91 Å². The minimum atomic E-state index is 0.0722. The third-order valence-electron chi connectivity index (χ3n) is 2.67. The van der Waals surface area contributed by atoms with Crippen LogP contribution in [0.4, 0.5) is 0 Å². The number of nitrogens with one attached hydrogen (secondary N) is 1. The van der Waals surface area contributed by atoms with Crippen LogP contribution in [-0.2, 0) is 4.79 Å². The fraction of sp³-hybridized carbons (Fsp3) is 0.889. The summed E-state index contributed by atoms with van der Waals surface area (Å²) < 4.78 is 0. The average molecular weight is 185 g/mol. The van der Waals surface area contributed by atoms with Crippen molar-refractivity contribution in [3.8, 4) is 0 Å². The highest BCUT2D eigenvalue weighted by atomic mass is 16.1. The van der Waals surface area contributed by atoms with Crippen LogP contribution in [0.1, 0.15) is 19.3 Å². The van der Waals surface area contributed by atoms with E-state index in [0.717, 1.165) is 0 Å². The van der Waals surface area contributed by atoms with Crippen molar-refractivity contribution in [3.05, 3.63) is 0 Å². The fourth-order valence-electron chi connectivity index (χ4n) is 1.49. The molecule has 1 aliphatic carbocycles. The van der Waals surface area contributed by atoms with Crippen LogP contribution >= 0.6 is 0 Å². The number of hydrogen-bond donors (Lipinski definition) is 2. The molecule has 0 saturated heterocycles. The van der Waals surface area contributed by atoms with Gasteiger partial charge in [-0.25, -0.2) is 0 Å². The molecule has 1 fully saturated rings. The van der Waals surface area contributed by atoms with Crippen LogP contribution in [0, 0.1) is 0 Å². The number of amides is 1. The molecule has 13 heavy (non-hydrogen) atoms. The summed E-state index contributed by atoms with van der Waals surface area (Å²) in [6, 6.07) is 0.866. The SMILES string of the molecule is CNC(=O)CC(CN)N(C)C1CC1. The van der Waals surface area contributed by atoms with Crippen molar-refractivity contribution in [2.75, 3.05) is 20.6 Å². The van der Waals surface area contributed by atoms with E-state index in [4.69, 9.17) is 5.73 Å². The first-order valence-corrected chi connectivity index (χ1v) is 4.81. The highest BCUT2D eigenvalue weighted by Crippen LogP contribution is 2.27. The van der Waals surface area contributed by atoms with Gasteiger partial charge in [0, 0.05) is 32.1 Å². The predicted molar refractivity (Wildman–Crippen MR) is 52.3 cm³/mol. The maximum absolute atomic E-state index is 11.1. The summed E-state index contributed by atoms with van der Waals surface area (Å²) in [4.78, 5) is 13.4. The van der Waals surface area contributed by atoms with Gasteiger partial charge in [0.05, 0.1) is 0 Å². The van der Waals surface area contributed by atoms with E-state index in [2.05, 4.69) is 17.3 Å².